The van der Waals surface area contributed by atoms with Gasteiger partial charge < -0.3 is 5.32 Å². The van der Waals surface area contributed by atoms with E-state index in [0.29, 0.717) is 0 Å². The highest BCUT2D eigenvalue weighted by molar-refractivity contribution is 5.94. The van der Waals surface area contributed by atoms with E-state index in [4.69, 9.17) is 0 Å². The number of amides is 1. The average Bonchev–Trinajstić information content (AvgIpc) is 2.64. The zero-order valence-corrected chi connectivity index (χ0v) is 14.9. The first-order valence-corrected chi connectivity index (χ1v) is 9.22. The molecule has 1 aliphatic rings. The maximum absolute atomic E-state index is 12.4. The van der Waals surface area contributed by atoms with Crippen molar-refractivity contribution in [2.45, 2.75) is 45.2 Å². The summed E-state index contributed by atoms with van der Waals surface area (Å²) in [4.78, 5) is 19.0. The van der Waals surface area contributed by atoms with E-state index >= 15 is 0 Å². The van der Waals surface area contributed by atoms with E-state index in [1.54, 1.807) is 6.20 Å². The summed E-state index contributed by atoms with van der Waals surface area (Å²) in [6, 6.07) is 12.1. The van der Waals surface area contributed by atoms with Crippen molar-refractivity contribution in [2.24, 2.45) is 0 Å². The molecular weight excluding hydrogens is 310 g/mol. The van der Waals surface area contributed by atoms with Crippen LogP contribution in [0.5, 0.6) is 0 Å². The largest absolute Gasteiger partial charge is 0.349 e. The number of pyridine rings is 1. The van der Waals surface area contributed by atoms with E-state index in [1.807, 2.05) is 37.4 Å². The number of aromatic nitrogens is 1. The molecule has 1 saturated heterocycles. The van der Waals surface area contributed by atoms with Gasteiger partial charge in [0.2, 0.25) is 0 Å². The molecule has 25 heavy (non-hydrogen) atoms. The van der Waals surface area contributed by atoms with E-state index in [0.717, 1.165) is 24.1 Å². The van der Waals surface area contributed by atoms with Crippen LogP contribution in [0.4, 0.5) is 0 Å². The summed E-state index contributed by atoms with van der Waals surface area (Å²) in [5, 5.41) is 3.07. The van der Waals surface area contributed by atoms with Gasteiger partial charge in [-0.05, 0) is 68.6 Å². The number of carbonyl (C=O) groups excluding carboxylic acids is 1. The Balaban J connectivity index is 1.51. The van der Waals surface area contributed by atoms with Crippen molar-refractivity contribution in [3.05, 3.63) is 65.5 Å². The molecule has 1 aromatic carbocycles. The normalized spacial score (nSPS) is 16.4. The Morgan fingerprint density at radius 2 is 1.88 bits per heavy atom. The number of rotatable bonds is 6. The van der Waals surface area contributed by atoms with E-state index in [-0.39, 0.29) is 11.9 Å². The van der Waals surface area contributed by atoms with Crippen LogP contribution < -0.4 is 5.32 Å². The molecule has 4 nitrogen and oxygen atoms in total. The summed E-state index contributed by atoms with van der Waals surface area (Å²) in [6.45, 7) is 5.39. The molecule has 3 rings (SSSR count). The lowest BCUT2D eigenvalue weighted by atomic mass is 10.1. The molecule has 1 aromatic heterocycles. The molecule has 0 saturated carbocycles. The smallest absolute Gasteiger partial charge is 0.251 e. The van der Waals surface area contributed by atoms with Crippen LogP contribution in [0.25, 0.3) is 0 Å². The highest BCUT2D eigenvalue weighted by atomic mass is 16.1. The minimum Gasteiger partial charge on any atom is -0.349 e. The standard InChI is InChI=1S/C21H27N3O/c1-17(14-19-6-5-11-22-15-19)23-21(25)20-9-7-18(8-10-20)16-24-12-3-2-4-13-24/h5-11,15,17H,2-4,12-14,16H2,1H3,(H,23,25). The lowest BCUT2D eigenvalue weighted by molar-refractivity contribution is 0.0940. The summed E-state index contributed by atoms with van der Waals surface area (Å²) in [5.74, 6) is -0.0130. The van der Waals surface area contributed by atoms with Gasteiger partial charge in [0.15, 0.2) is 0 Å². The molecule has 2 aromatic rings. The van der Waals surface area contributed by atoms with Gasteiger partial charge in [0, 0.05) is 30.5 Å². The van der Waals surface area contributed by atoms with Crippen molar-refractivity contribution in [1.29, 1.82) is 0 Å². The van der Waals surface area contributed by atoms with Gasteiger partial charge in [-0.25, -0.2) is 0 Å². The Kier molecular flexibility index (Phi) is 6.18. The van der Waals surface area contributed by atoms with Crippen molar-refractivity contribution in [3.63, 3.8) is 0 Å². The van der Waals surface area contributed by atoms with Crippen molar-refractivity contribution in [2.75, 3.05) is 13.1 Å². The minimum atomic E-state index is -0.0130. The molecule has 0 bridgehead atoms. The SMILES string of the molecule is CC(Cc1cccnc1)NC(=O)c1ccc(CN2CCCCC2)cc1. The second-order valence-electron chi connectivity index (χ2n) is 6.97. The zero-order valence-electron chi connectivity index (χ0n) is 14.9. The van der Waals surface area contributed by atoms with Gasteiger partial charge in [-0.2, -0.15) is 0 Å². The van der Waals surface area contributed by atoms with Crippen LogP contribution >= 0.6 is 0 Å². The Morgan fingerprint density at radius 3 is 2.56 bits per heavy atom. The summed E-state index contributed by atoms with van der Waals surface area (Å²) < 4.78 is 0. The number of carbonyl (C=O) groups is 1. The third kappa shape index (κ3) is 5.40. The number of nitrogens with zero attached hydrogens (tertiary/aromatic N) is 2. The predicted octanol–water partition coefficient (Wildman–Crippen LogP) is 3.43. The number of nitrogens with one attached hydrogen (secondary N) is 1. The van der Waals surface area contributed by atoms with Crippen LogP contribution in [0.15, 0.2) is 48.8 Å². The van der Waals surface area contributed by atoms with Crippen LogP contribution in [0.1, 0.15) is 47.7 Å². The summed E-state index contributed by atoms with van der Waals surface area (Å²) >= 11 is 0. The second-order valence-corrected chi connectivity index (χ2v) is 6.97. The third-order valence-corrected chi connectivity index (χ3v) is 4.71. The molecule has 0 aliphatic carbocycles. The van der Waals surface area contributed by atoms with Crippen molar-refractivity contribution >= 4 is 5.91 Å². The highest BCUT2D eigenvalue weighted by Crippen LogP contribution is 2.14. The molecule has 1 aliphatic heterocycles. The number of hydrogen-bond acceptors (Lipinski definition) is 3. The molecule has 0 spiro atoms. The Morgan fingerprint density at radius 1 is 1.12 bits per heavy atom. The quantitative estimate of drug-likeness (QED) is 0.878. The van der Waals surface area contributed by atoms with E-state index in [1.165, 1.54) is 37.9 Å². The topological polar surface area (TPSA) is 45.2 Å². The predicted molar refractivity (Wildman–Crippen MR) is 100 cm³/mol. The van der Waals surface area contributed by atoms with Gasteiger partial charge in [-0.3, -0.25) is 14.7 Å². The molecule has 0 radical (unpaired) electrons. The molecule has 1 unspecified atom stereocenters. The number of benzene rings is 1. The van der Waals surface area contributed by atoms with Gasteiger partial charge in [0.05, 0.1) is 0 Å². The first kappa shape index (κ1) is 17.6. The van der Waals surface area contributed by atoms with Crippen LogP contribution in [-0.2, 0) is 13.0 Å². The molecule has 1 N–H and O–H groups in total. The number of likely N-dealkylation sites (tertiary alicyclic amines) is 1. The van der Waals surface area contributed by atoms with Gasteiger partial charge in [0.25, 0.3) is 5.91 Å². The molecule has 132 valence electrons. The lowest BCUT2D eigenvalue weighted by Crippen LogP contribution is -2.34. The summed E-state index contributed by atoms with van der Waals surface area (Å²) in [5.41, 5.74) is 3.13. The molecule has 1 atom stereocenters. The lowest BCUT2D eigenvalue weighted by Gasteiger charge is -2.26. The molecule has 4 heteroatoms. The number of piperidine rings is 1. The molecular formula is C21H27N3O. The monoisotopic (exact) mass is 337 g/mol. The zero-order chi connectivity index (χ0) is 17.5. The first-order chi connectivity index (χ1) is 12.2. The maximum Gasteiger partial charge on any atom is 0.251 e. The highest BCUT2D eigenvalue weighted by Gasteiger charge is 2.12. The first-order valence-electron chi connectivity index (χ1n) is 9.22. The maximum atomic E-state index is 12.4. The fourth-order valence-corrected chi connectivity index (χ4v) is 3.37. The molecule has 1 fully saturated rings. The third-order valence-electron chi connectivity index (χ3n) is 4.71. The molecule has 1 amide bonds. The van der Waals surface area contributed by atoms with Gasteiger partial charge in [0.1, 0.15) is 0 Å². The average molecular weight is 337 g/mol. The van der Waals surface area contributed by atoms with Crippen LogP contribution in [0.2, 0.25) is 0 Å². The van der Waals surface area contributed by atoms with Crippen molar-refractivity contribution < 1.29 is 4.79 Å². The van der Waals surface area contributed by atoms with Crippen molar-refractivity contribution in [1.82, 2.24) is 15.2 Å². The van der Waals surface area contributed by atoms with Gasteiger partial charge in [-0.15, -0.1) is 0 Å². The number of hydrogen-bond donors (Lipinski definition) is 1. The fraction of sp³-hybridized carbons (Fsp3) is 0.429. The van der Waals surface area contributed by atoms with E-state index < -0.39 is 0 Å². The van der Waals surface area contributed by atoms with Crippen LogP contribution in [0.3, 0.4) is 0 Å². The molecule has 2 heterocycles. The Bertz CT molecular complexity index is 663. The minimum absolute atomic E-state index is 0.0130. The fourth-order valence-electron chi connectivity index (χ4n) is 3.37. The summed E-state index contributed by atoms with van der Waals surface area (Å²) in [6.07, 6.45) is 8.35. The Hall–Kier alpha value is -2.20. The Labute approximate surface area is 150 Å². The second kappa shape index (κ2) is 8.77. The van der Waals surface area contributed by atoms with E-state index in [9.17, 15) is 4.79 Å². The van der Waals surface area contributed by atoms with Crippen LogP contribution in [-0.4, -0.2) is 34.9 Å². The van der Waals surface area contributed by atoms with E-state index in [2.05, 4.69) is 27.3 Å². The summed E-state index contributed by atoms with van der Waals surface area (Å²) in [7, 11) is 0. The van der Waals surface area contributed by atoms with Gasteiger partial charge in [-0.1, -0.05) is 24.6 Å². The van der Waals surface area contributed by atoms with Crippen LogP contribution in [0, 0.1) is 0 Å². The van der Waals surface area contributed by atoms with Gasteiger partial charge >= 0.3 is 0 Å². The van der Waals surface area contributed by atoms with Crippen molar-refractivity contribution in [3.8, 4) is 0 Å².